The van der Waals surface area contributed by atoms with Crippen molar-refractivity contribution in [1.82, 2.24) is 0 Å². The molecule has 0 saturated carbocycles. The van der Waals surface area contributed by atoms with E-state index in [4.69, 9.17) is 10.00 Å². The zero-order valence-corrected chi connectivity index (χ0v) is 9.73. The number of anilines is 1. The van der Waals surface area contributed by atoms with Crippen molar-refractivity contribution in [2.75, 3.05) is 11.9 Å². The summed E-state index contributed by atoms with van der Waals surface area (Å²) >= 11 is 0. The number of hydrogen-bond acceptors (Lipinski definition) is 3. The third kappa shape index (κ3) is 3.53. The van der Waals surface area contributed by atoms with E-state index >= 15 is 0 Å². The Labute approximate surface area is 102 Å². The highest BCUT2D eigenvalue weighted by Crippen LogP contribution is 2.13. The van der Waals surface area contributed by atoms with Crippen LogP contribution in [0.25, 0.3) is 0 Å². The Bertz CT molecular complexity index is 417. The topological polar surface area (TPSA) is 45.0 Å². The average molecular weight is 228 g/mol. The molecule has 17 heavy (non-hydrogen) atoms. The van der Waals surface area contributed by atoms with Gasteiger partial charge in [-0.3, -0.25) is 0 Å². The molecule has 0 radical (unpaired) electrons. The van der Waals surface area contributed by atoms with E-state index < -0.39 is 0 Å². The molecule has 1 atom stereocenters. The number of allylic oxidation sites excluding steroid dienone is 1. The van der Waals surface area contributed by atoms with Gasteiger partial charge < -0.3 is 10.1 Å². The smallest absolute Gasteiger partial charge is 0.115 e. The summed E-state index contributed by atoms with van der Waals surface area (Å²) < 4.78 is 5.48. The van der Waals surface area contributed by atoms with Crippen LogP contribution in [-0.2, 0) is 11.2 Å². The Morgan fingerprint density at radius 3 is 2.82 bits per heavy atom. The highest BCUT2D eigenvalue weighted by atomic mass is 16.5. The summed E-state index contributed by atoms with van der Waals surface area (Å²) in [5.41, 5.74) is 2.12. The van der Waals surface area contributed by atoms with Gasteiger partial charge in [0.05, 0.1) is 25.3 Å². The number of nitrogens with one attached hydrogen (secondary N) is 1. The molecule has 2 rings (SSSR count). The van der Waals surface area contributed by atoms with Crippen LogP contribution in [0.2, 0.25) is 0 Å². The van der Waals surface area contributed by atoms with E-state index in [1.807, 2.05) is 30.3 Å². The van der Waals surface area contributed by atoms with Crippen LogP contribution in [0.4, 0.5) is 5.69 Å². The van der Waals surface area contributed by atoms with Crippen molar-refractivity contribution >= 4 is 5.69 Å². The Morgan fingerprint density at radius 2 is 2.18 bits per heavy atom. The first kappa shape index (κ1) is 11.5. The van der Waals surface area contributed by atoms with Crippen LogP contribution in [0, 0.1) is 11.3 Å². The zero-order chi connectivity index (χ0) is 11.9. The third-order valence-electron chi connectivity index (χ3n) is 2.79. The molecule has 3 nitrogen and oxygen atoms in total. The molecule has 0 spiro atoms. The van der Waals surface area contributed by atoms with Gasteiger partial charge in [-0.2, -0.15) is 5.26 Å². The second kappa shape index (κ2) is 5.95. The maximum Gasteiger partial charge on any atom is 0.115 e. The minimum Gasteiger partial charge on any atom is -0.497 e. The fourth-order valence-corrected chi connectivity index (χ4v) is 1.80. The van der Waals surface area contributed by atoms with Crippen molar-refractivity contribution in [3.63, 3.8) is 0 Å². The summed E-state index contributed by atoms with van der Waals surface area (Å²) in [5, 5.41) is 11.9. The second-order valence-corrected chi connectivity index (χ2v) is 4.12. The van der Waals surface area contributed by atoms with Gasteiger partial charge in [0.15, 0.2) is 0 Å². The molecule has 0 amide bonds. The molecule has 1 aromatic carbocycles. The Kier molecular flexibility index (Phi) is 4.04. The van der Waals surface area contributed by atoms with Crippen LogP contribution < -0.4 is 5.32 Å². The highest BCUT2D eigenvalue weighted by Gasteiger charge is 2.09. The summed E-state index contributed by atoms with van der Waals surface area (Å²) in [6.45, 7) is 0.821. The molecule has 1 aliphatic rings. The summed E-state index contributed by atoms with van der Waals surface area (Å²) in [6, 6.07) is 10.1. The molecule has 1 heterocycles. The van der Waals surface area contributed by atoms with Crippen LogP contribution in [0.5, 0.6) is 0 Å². The van der Waals surface area contributed by atoms with Crippen LogP contribution >= 0.6 is 0 Å². The van der Waals surface area contributed by atoms with E-state index in [0.29, 0.717) is 6.42 Å². The Hall–Kier alpha value is -1.95. The molecule has 0 aromatic heterocycles. The van der Waals surface area contributed by atoms with Gasteiger partial charge in [0.1, 0.15) is 6.10 Å². The quantitative estimate of drug-likeness (QED) is 0.861. The molecule has 1 aliphatic heterocycles. The number of nitriles is 1. The second-order valence-electron chi connectivity index (χ2n) is 4.12. The lowest BCUT2D eigenvalue weighted by Crippen LogP contribution is -2.22. The number of nitrogens with zero attached hydrogens (tertiary/aromatic N) is 1. The lowest BCUT2D eigenvalue weighted by atomic mass is 10.1. The molecule has 1 N–H and O–H groups in total. The van der Waals surface area contributed by atoms with Crippen LogP contribution in [0.1, 0.15) is 18.4 Å². The number of ether oxygens (including phenoxy) is 1. The minimum absolute atomic E-state index is 0.263. The monoisotopic (exact) mass is 228 g/mol. The predicted octanol–water partition coefficient (Wildman–Crippen LogP) is 2.86. The summed E-state index contributed by atoms with van der Waals surface area (Å²) in [5.74, 6) is 0. The molecule has 0 saturated heterocycles. The van der Waals surface area contributed by atoms with E-state index in [1.165, 1.54) is 0 Å². The first-order valence-corrected chi connectivity index (χ1v) is 5.89. The van der Waals surface area contributed by atoms with E-state index in [2.05, 4.69) is 11.4 Å². The van der Waals surface area contributed by atoms with Crippen molar-refractivity contribution in [2.24, 2.45) is 0 Å². The molecule has 88 valence electrons. The van der Waals surface area contributed by atoms with E-state index in [-0.39, 0.29) is 6.10 Å². The van der Waals surface area contributed by atoms with Crippen LogP contribution in [0.15, 0.2) is 36.6 Å². The van der Waals surface area contributed by atoms with Crippen molar-refractivity contribution < 1.29 is 4.74 Å². The molecule has 1 unspecified atom stereocenters. The van der Waals surface area contributed by atoms with Crippen molar-refractivity contribution in [3.8, 4) is 6.07 Å². The largest absolute Gasteiger partial charge is 0.497 e. The number of hydrogen-bond donors (Lipinski definition) is 1. The summed E-state index contributed by atoms with van der Waals surface area (Å²) in [7, 11) is 0. The van der Waals surface area contributed by atoms with E-state index in [1.54, 1.807) is 6.26 Å². The van der Waals surface area contributed by atoms with Gasteiger partial charge >= 0.3 is 0 Å². The lowest BCUT2D eigenvalue weighted by Gasteiger charge is -2.20. The Morgan fingerprint density at radius 1 is 1.35 bits per heavy atom. The maximum atomic E-state index is 8.57. The first-order chi connectivity index (χ1) is 8.38. The standard InChI is InChI=1S/C14H16N2O/c15-9-8-12-4-6-13(7-5-12)16-11-14-3-1-2-10-17-14/h2,4-7,10,14,16H,1,3,8,11H2. The van der Waals surface area contributed by atoms with E-state index in [9.17, 15) is 0 Å². The molecule has 0 bridgehead atoms. The number of rotatable bonds is 4. The predicted molar refractivity (Wildman–Crippen MR) is 67.5 cm³/mol. The van der Waals surface area contributed by atoms with Gasteiger partial charge in [-0.1, -0.05) is 12.1 Å². The summed E-state index contributed by atoms with van der Waals surface area (Å²) in [6.07, 6.45) is 6.72. The van der Waals surface area contributed by atoms with Gasteiger partial charge in [-0.25, -0.2) is 0 Å². The van der Waals surface area contributed by atoms with Gasteiger partial charge in [0.2, 0.25) is 0 Å². The molecular weight excluding hydrogens is 212 g/mol. The highest BCUT2D eigenvalue weighted by molar-refractivity contribution is 5.45. The summed E-state index contributed by atoms with van der Waals surface area (Å²) in [4.78, 5) is 0. The fourth-order valence-electron chi connectivity index (χ4n) is 1.80. The lowest BCUT2D eigenvalue weighted by molar-refractivity contribution is 0.135. The van der Waals surface area contributed by atoms with Crippen LogP contribution in [-0.4, -0.2) is 12.6 Å². The molecule has 1 aromatic rings. The third-order valence-corrected chi connectivity index (χ3v) is 2.79. The SMILES string of the molecule is N#CCc1ccc(NCC2CCC=CO2)cc1. The first-order valence-electron chi connectivity index (χ1n) is 5.89. The van der Waals surface area contributed by atoms with Crippen molar-refractivity contribution in [3.05, 3.63) is 42.2 Å². The fraction of sp³-hybridized carbons (Fsp3) is 0.357. The minimum atomic E-state index is 0.263. The maximum absolute atomic E-state index is 8.57. The molecule has 0 fully saturated rings. The number of benzene rings is 1. The molecule has 3 heteroatoms. The average Bonchev–Trinajstić information content (AvgIpc) is 2.40. The van der Waals surface area contributed by atoms with Gasteiger partial charge in [-0.05, 0) is 36.6 Å². The Balaban J connectivity index is 1.82. The van der Waals surface area contributed by atoms with Gasteiger partial charge in [-0.15, -0.1) is 0 Å². The van der Waals surface area contributed by atoms with Gasteiger partial charge in [0, 0.05) is 5.69 Å². The zero-order valence-electron chi connectivity index (χ0n) is 9.73. The van der Waals surface area contributed by atoms with E-state index in [0.717, 1.165) is 30.6 Å². The normalized spacial score (nSPS) is 18.2. The van der Waals surface area contributed by atoms with Crippen LogP contribution in [0.3, 0.4) is 0 Å². The van der Waals surface area contributed by atoms with Crippen molar-refractivity contribution in [2.45, 2.75) is 25.4 Å². The molecular formula is C14H16N2O. The molecule has 0 aliphatic carbocycles. The van der Waals surface area contributed by atoms with Gasteiger partial charge in [0.25, 0.3) is 0 Å². The van der Waals surface area contributed by atoms with Crippen molar-refractivity contribution in [1.29, 1.82) is 5.26 Å².